The van der Waals surface area contributed by atoms with E-state index < -0.39 is 5.92 Å². The molecule has 4 nitrogen and oxygen atoms in total. The van der Waals surface area contributed by atoms with Crippen LogP contribution in [0.15, 0.2) is 0 Å². The molecule has 0 amide bonds. The molecular formula is C39H76O4. The minimum atomic E-state index is -0.798. The van der Waals surface area contributed by atoms with E-state index in [0.717, 1.165) is 51.4 Å². The summed E-state index contributed by atoms with van der Waals surface area (Å²) in [7, 11) is 0. The Labute approximate surface area is 269 Å². The second-order valence-electron chi connectivity index (χ2n) is 13.3. The monoisotopic (exact) mass is 609 g/mol. The average molecular weight is 609 g/mol. The molecule has 0 spiro atoms. The highest BCUT2D eigenvalue weighted by Crippen LogP contribution is 2.22. The van der Waals surface area contributed by atoms with Crippen LogP contribution in [0.25, 0.3) is 0 Å². The van der Waals surface area contributed by atoms with Crippen LogP contribution in [-0.2, 0) is 19.1 Å². The molecule has 256 valence electrons. The van der Waals surface area contributed by atoms with Crippen LogP contribution in [0.1, 0.15) is 221 Å². The van der Waals surface area contributed by atoms with Crippen LogP contribution in [-0.4, -0.2) is 24.1 Å². The Morgan fingerprint density at radius 2 is 0.605 bits per heavy atom. The zero-order chi connectivity index (χ0) is 31.8. The summed E-state index contributed by atoms with van der Waals surface area (Å²) in [5, 5.41) is 0. The standard InChI is InChI=1S/C39H76O4/c1-6-11-15-19-23-27-31-35(32-28-24-20-16-12-7-2)42-38(40)37(10-5)39(41)43-36(33-29-25-21-17-13-8-3)34-30-26-22-18-14-9-4/h35-37H,6-34H2,1-5H3. The predicted molar refractivity (Wildman–Crippen MR) is 186 cm³/mol. The predicted octanol–water partition coefficient (Wildman–Crippen LogP) is 12.8. The smallest absolute Gasteiger partial charge is 0.320 e. The number of unbranched alkanes of at least 4 members (excludes halogenated alkanes) is 20. The van der Waals surface area contributed by atoms with Gasteiger partial charge >= 0.3 is 11.9 Å². The highest BCUT2D eigenvalue weighted by molar-refractivity contribution is 5.95. The van der Waals surface area contributed by atoms with E-state index in [1.165, 1.54) is 128 Å². The van der Waals surface area contributed by atoms with E-state index in [1.807, 2.05) is 6.92 Å². The van der Waals surface area contributed by atoms with Crippen molar-refractivity contribution in [3.8, 4) is 0 Å². The summed E-state index contributed by atoms with van der Waals surface area (Å²) in [6, 6.07) is 0. The molecule has 0 saturated heterocycles. The number of carbonyl (C=O) groups is 2. The molecule has 0 aromatic heterocycles. The van der Waals surface area contributed by atoms with Crippen molar-refractivity contribution in [1.82, 2.24) is 0 Å². The van der Waals surface area contributed by atoms with Crippen molar-refractivity contribution < 1.29 is 19.1 Å². The summed E-state index contributed by atoms with van der Waals surface area (Å²) in [6.45, 7) is 10.9. The van der Waals surface area contributed by atoms with E-state index in [0.29, 0.717) is 6.42 Å². The lowest BCUT2D eigenvalue weighted by atomic mass is 10.0. The molecular weight excluding hydrogens is 532 g/mol. The van der Waals surface area contributed by atoms with Crippen LogP contribution in [0, 0.1) is 5.92 Å². The molecule has 0 bridgehead atoms. The third-order valence-corrected chi connectivity index (χ3v) is 9.06. The molecule has 0 aromatic rings. The second kappa shape index (κ2) is 32.3. The first kappa shape index (κ1) is 41.9. The molecule has 0 aliphatic rings. The fourth-order valence-corrected chi connectivity index (χ4v) is 6.06. The summed E-state index contributed by atoms with van der Waals surface area (Å²) in [6.07, 6.45) is 33.5. The van der Waals surface area contributed by atoms with E-state index in [4.69, 9.17) is 9.47 Å². The molecule has 0 fully saturated rings. The van der Waals surface area contributed by atoms with Gasteiger partial charge in [-0.05, 0) is 57.8 Å². The Bertz CT molecular complexity index is 522. The Balaban J connectivity index is 5.02. The van der Waals surface area contributed by atoms with Gasteiger partial charge in [-0.2, -0.15) is 0 Å². The van der Waals surface area contributed by atoms with Crippen LogP contribution in [0.4, 0.5) is 0 Å². The maximum absolute atomic E-state index is 13.4. The van der Waals surface area contributed by atoms with E-state index in [9.17, 15) is 9.59 Å². The first-order chi connectivity index (χ1) is 21.0. The Hall–Kier alpha value is -1.06. The molecule has 43 heavy (non-hydrogen) atoms. The summed E-state index contributed by atoms with van der Waals surface area (Å²) < 4.78 is 12.2. The lowest BCUT2D eigenvalue weighted by Crippen LogP contribution is -2.33. The van der Waals surface area contributed by atoms with Gasteiger partial charge in [0.25, 0.3) is 0 Å². The molecule has 0 unspecified atom stereocenters. The van der Waals surface area contributed by atoms with E-state index in [-0.39, 0.29) is 24.1 Å². The number of ether oxygens (including phenoxy) is 2. The first-order valence-electron chi connectivity index (χ1n) is 19.4. The third-order valence-electron chi connectivity index (χ3n) is 9.06. The highest BCUT2D eigenvalue weighted by atomic mass is 16.6. The van der Waals surface area contributed by atoms with E-state index in [2.05, 4.69) is 27.7 Å². The van der Waals surface area contributed by atoms with Crippen molar-refractivity contribution >= 4 is 11.9 Å². The van der Waals surface area contributed by atoms with Crippen molar-refractivity contribution in [1.29, 1.82) is 0 Å². The van der Waals surface area contributed by atoms with Crippen LogP contribution in [0.3, 0.4) is 0 Å². The molecule has 0 aromatic carbocycles. The maximum Gasteiger partial charge on any atom is 0.320 e. The minimum absolute atomic E-state index is 0.0752. The van der Waals surface area contributed by atoms with Gasteiger partial charge in [0.15, 0.2) is 5.92 Å². The molecule has 0 N–H and O–H groups in total. The van der Waals surface area contributed by atoms with Crippen LogP contribution < -0.4 is 0 Å². The van der Waals surface area contributed by atoms with Crippen molar-refractivity contribution in [2.45, 2.75) is 233 Å². The molecule has 0 aliphatic carbocycles. The molecule has 0 aliphatic heterocycles. The van der Waals surface area contributed by atoms with Gasteiger partial charge in [0, 0.05) is 0 Å². The summed E-state index contributed by atoms with van der Waals surface area (Å²) in [4.78, 5) is 26.7. The number of esters is 2. The van der Waals surface area contributed by atoms with Gasteiger partial charge in [-0.15, -0.1) is 0 Å². The molecule has 4 heteroatoms. The number of hydrogen-bond donors (Lipinski definition) is 0. The van der Waals surface area contributed by atoms with E-state index >= 15 is 0 Å². The Kier molecular flexibility index (Phi) is 31.5. The minimum Gasteiger partial charge on any atom is -0.462 e. The van der Waals surface area contributed by atoms with Crippen LogP contribution in [0.5, 0.6) is 0 Å². The second-order valence-corrected chi connectivity index (χ2v) is 13.3. The van der Waals surface area contributed by atoms with Crippen molar-refractivity contribution in [3.05, 3.63) is 0 Å². The van der Waals surface area contributed by atoms with E-state index in [1.54, 1.807) is 0 Å². The van der Waals surface area contributed by atoms with Crippen LogP contribution in [0.2, 0.25) is 0 Å². The molecule has 0 atom stereocenters. The van der Waals surface area contributed by atoms with Crippen molar-refractivity contribution in [2.75, 3.05) is 0 Å². The normalized spacial score (nSPS) is 11.6. The Morgan fingerprint density at radius 3 is 0.837 bits per heavy atom. The molecule has 0 heterocycles. The van der Waals surface area contributed by atoms with Gasteiger partial charge in [-0.25, -0.2) is 0 Å². The quantitative estimate of drug-likeness (QED) is 0.0422. The lowest BCUT2D eigenvalue weighted by Gasteiger charge is -2.23. The maximum atomic E-state index is 13.4. The van der Waals surface area contributed by atoms with Crippen molar-refractivity contribution in [2.24, 2.45) is 5.92 Å². The fraction of sp³-hybridized carbons (Fsp3) is 0.949. The number of rotatable bonds is 33. The number of hydrogen-bond acceptors (Lipinski definition) is 4. The third kappa shape index (κ3) is 25.9. The zero-order valence-corrected chi connectivity index (χ0v) is 29.9. The zero-order valence-electron chi connectivity index (χ0n) is 29.9. The summed E-state index contributed by atoms with van der Waals surface area (Å²) in [5.74, 6) is -1.51. The van der Waals surface area contributed by atoms with Gasteiger partial charge in [0.1, 0.15) is 12.2 Å². The largest absolute Gasteiger partial charge is 0.462 e. The van der Waals surface area contributed by atoms with Crippen molar-refractivity contribution in [3.63, 3.8) is 0 Å². The van der Waals surface area contributed by atoms with Crippen LogP contribution >= 0.6 is 0 Å². The van der Waals surface area contributed by atoms with Gasteiger partial charge in [-0.1, -0.05) is 163 Å². The van der Waals surface area contributed by atoms with Gasteiger partial charge in [0.2, 0.25) is 0 Å². The van der Waals surface area contributed by atoms with Gasteiger partial charge in [-0.3, -0.25) is 9.59 Å². The lowest BCUT2D eigenvalue weighted by molar-refractivity contribution is -0.169. The van der Waals surface area contributed by atoms with Gasteiger partial charge < -0.3 is 9.47 Å². The SMILES string of the molecule is CCCCCCCCC(CCCCCCCC)OC(=O)C(CC)C(=O)OC(CCCCCCCC)CCCCCCCC. The highest BCUT2D eigenvalue weighted by Gasteiger charge is 2.31. The fourth-order valence-electron chi connectivity index (χ4n) is 6.06. The molecule has 0 rings (SSSR count). The average Bonchev–Trinajstić information content (AvgIpc) is 3.00. The summed E-state index contributed by atoms with van der Waals surface area (Å²) >= 11 is 0. The number of carbonyl (C=O) groups excluding carboxylic acids is 2. The summed E-state index contributed by atoms with van der Waals surface area (Å²) in [5.41, 5.74) is 0. The molecule has 0 radical (unpaired) electrons. The molecule has 0 saturated carbocycles. The first-order valence-corrected chi connectivity index (χ1v) is 19.4. The van der Waals surface area contributed by atoms with Gasteiger partial charge in [0.05, 0.1) is 0 Å². The Morgan fingerprint density at radius 1 is 0.372 bits per heavy atom. The topological polar surface area (TPSA) is 52.6 Å².